The fourth-order valence-electron chi connectivity index (χ4n) is 1.96. The van der Waals surface area contributed by atoms with E-state index < -0.39 is 0 Å². The average molecular weight is 219 g/mol. The number of pyridine rings is 1. The maximum atomic E-state index is 5.62. The van der Waals surface area contributed by atoms with E-state index in [-0.39, 0.29) is 6.04 Å². The molecule has 0 aliphatic carbocycles. The Balaban J connectivity index is 2.25. The summed E-state index contributed by atoms with van der Waals surface area (Å²) in [6, 6.07) is 4.05. The first-order valence-electron chi connectivity index (χ1n) is 5.50. The van der Waals surface area contributed by atoms with Gasteiger partial charge in [0.05, 0.1) is 18.9 Å². The van der Waals surface area contributed by atoms with Gasteiger partial charge in [-0.05, 0) is 43.0 Å². The maximum absolute atomic E-state index is 5.62. The fraction of sp³-hybridized carbons (Fsp3) is 0.417. The highest BCUT2D eigenvalue weighted by Gasteiger charge is 2.17. The van der Waals surface area contributed by atoms with Gasteiger partial charge in [-0.3, -0.25) is 10.8 Å². The molecular weight excluding hydrogens is 202 g/mol. The largest absolute Gasteiger partial charge is 0.501 e. The second kappa shape index (κ2) is 5.09. The summed E-state index contributed by atoms with van der Waals surface area (Å²) >= 11 is 0. The highest BCUT2D eigenvalue weighted by atomic mass is 16.5. The number of hydrazine groups is 1. The summed E-state index contributed by atoms with van der Waals surface area (Å²) in [6.45, 7) is 2.78. The third-order valence-electron chi connectivity index (χ3n) is 2.75. The highest BCUT2D eigenvalue weighted by Crippen LogP contribution is 2.26. The maximum Gasteiger partial charge on any atom is 0.0876 e. The molecule has 16 heavy (non-hydrogen) atoms. The second-order valence-electron chi connectivity index (χ2n) is 4.00. The van der Waals surface area contributed by atoms with Crippen LogP contribution in [-0.4, -0.2) is 11.6 Å². The van der Waals surface area contributed by atoms with Crippen LogP contribution in [0.3, 0.4) is 0 Å². The van der Waals surface area contributed by atoms with Gasteiger partial charge in [0.2, 0.25) is 0 Å². The normalized spacial score (nSPS) is 17.5. The number of aromatic nitrogens is 1. The smallest absolute Gasteiger partial charge is 0.0876 e. The van der Waals surface area contributed by atoms with Crippen LogP contribution in [-0.2, 0) is 4.74 Å². The summed E-state index contributed by atoms with van der Waals surface area (Å²) in [7, 11) is 0. The second-order valence-corrected chi connectivity index (χ2v) is 4.00. The lowest BCUT2D eigenvalue weighted by atomic mass is 9.96. The molecule has 4 heteroatoms. The molecule has 1 aliphatic rings. The molecule has 1 aliphatic heterocycles. The highest BCUT2D eigenvalue weighted by molar-refractivity contribution is 5.28. The van der Waals surface area contributed by atoms with E-state index in [9.17, 15) is 0 Å². The molecule has 0 bridgehead atoms. The number of nitrogens with two attached hydrogens (primary N) is 1. The van der Waals surface area contributed by atoms with Gasteiger partial charge in [0.25, 0.3) is 0 Å². The molecule has 0 amide bonds. The molecule has 1 aromatic rings. The number of hydrogen-bond donors (Lipinski definition) is 2. The van der Waals surface area contributed by atoms with E-state index >= 15 is 0 Å². The number of rotatable bonds is 3. The van der Waals surface area contributed by atoms with Crippen molar-refractivity contribution in [2.45, 2.75) is 25.8 Å². The summed E-state index contributed by atoms with van der Waals surface area (Å²) in [5.74, 6) is 5.62. The molecule has 2 rings (SSSR count). The van der Waals surface area contributed by atoms with Crippen LogP contribution in [0.5, 0.6) is 0 Å². The minimum absolute atomic E-state index is 0.0296. The molecule has 1 unspecified atom stereocenters. The molecule has 2 heterocycles. The van der Waals surface area contributed by atoms with Crippen molar-refractivity contribution in [3.63, 3.8) is 0 Å². The van der Waals surface area contributed by atoms with Crippen LogP contribution in [0.15, 0.2) is 30.2 Å². The lowest BCUT2D eigenvalue weighted by Gasteiger charge is -2.23. The predicted octanol–water partition coefficient (Wildman–Crippen LogP) is 1.59. The Hall–Kier alpha value is -1.39. The van der Waals surface area contributed by atoms with Crippen LogP contribution in [0.2, 0.25) is 0 Å². The first-order chi connectivity index (χ1) is 7.81. The summed E-state index contributed by atoms with van der Waals surface area (Å²) in [6.07, 6.45) is 5.70. The average Bonchev–Trinajstić information content (AvgIpc) is 2.31. The van der Waals surface area contributed by atoms with Crippen molar-refractivity contribution in [2.24, 2.45) is 5.84 Å². The van der Waals surface area contributed by atoms with Crippen molar-refractivity contribution in [2.75, 3.05) is 6.61 Å². The molecule has 0 spiro atoms. The van der Waals surface area contributed by atoms with Crippen molar-refractivity contribution in [3.05, 3.63) is 41.4 Å². The molecule has 1 atom stereocenters. The molecule has 0 fully saturated rings. The Labute approximate surface area is 95.5 Å². The molecule has 0 saturated heterocycles. The zero-order chi connectivity index (χ0) is 11.4. The monoisotopic (exact) mass is 219 g/mol. The van der Waals surface area contributed by atoms with Gasteiger partial charge in [-0.2, -0.15) is 0 Å². The molecule has 0 saturated carbocycles. The molecule has 86 valence electrons. The Morgan fingerprint density at radius 2 is 2.44 bits per heavy atom. The van der Waals surface area contributed by atoms with E-state index in [1.165, 1.54) is 5.57 Å². The first kappa shape index (κ1) is 11.1. The van der Waals surface area contributed by atoms with Crippen molar-refractivity contribution < 1.29 is 4.74 Å². The number of ether oxygens (including phenoxy) is 1. The van der Waals surface area contributed by atoms with E-state index in [2.05, 4.69) is 10.4 Å². The van der Waals surface area contributed by atoms with Crippen LogP contribution >= 0.6 is 0 Å². The molecule has 1 aromatic heterocycles. The van der Waals surface area contributed by atoms with Crippen LogP contribution < -0.4 is 11.3 Å². The molecule has 3 N–H and O–H groups in total. The van der Waals surface area contributed by atoms with Crippen molar-refractivity contribution in [1.29, 1.82) is 0 Å². The molecular formula is C12H17N3O. The quantitative estimate of drug-likeness (QED) is 0.598. The van der Waals surface area contributed by atoms with Crippen LogP contribution in [0, 0.1) is 6.92 Å². The van der Waals surface area contributed by atoms with E-state index in [1.807, 2.05) is 25.3 Å². The zero-order valence-corrected chi connectivity index (χ0v) is 9.44. The Bertz CT molecular complexity index is 390. The van der Waals surface area contributed by atoms with E-state index in [0.717, 1.165) is 30.7 Å². The Morgan fingerprint density at radius 1 is 1.56 bits per heavy atom. The lowest BCUT2D eigenvalue weighted by Crippen LogP contribution is -2.30. The Kier molecular flexibility index (Phi) is 3.54. The topological polar surface area (TPSA) is 60.2 Å². The SMILES string of the molecule is Cc1cc(C(NN)C2=COCCC2)ccn1. The predicted molar refractivity (Wildman–Crippen MR) is 62.3 cm³/mol. The van der Waals surface area contributed by atoms with Gasteiger partial charge in [0, 0.05) is 11.9 Å². The standard InChI is InChI=1S/C12H17N3O/c1-9-7-10(4-5-14-9)12(15-13)11-3-2-6-16-8-11/h4-5,7-8,12,15H,2-3,6,13H2,1H3. The third kappa shape index (κ3) is 2.40. The van der Waals surface area contributed by atoms with Crippen molar-refractivity contribution >= 4 is 0 Å². The zero-order valence-electron chi connectivity index (χ0n) is 9.44. The van der Waals surface area contributed by atoms with Crippen molar-refractivity contribution in [1.82, 2.24) is 10.4 Å². The van der Waals surface area contributed by atoms with Crippen LogP contribution in [0.25, 0.3) is 0 Å². The summed E-state index contributed by atoms with van der Waals surface area (Å²) in [5.41, 5.74) is 6.16. The van der Waals surface area contributed by atoms with Gasteiger partial charge in [-0.15, -0.1) is 0 Å². The minimum atomic E-state index is 0.0296. The number of hydrogen-bond acceptors (Lipinski definition) is 4. The third-order valence-corrected chi connectivity index (χ3v) is 2.75. The van der Waals surface area contributed by atoms with E-state index in [1.54, 1.807) is 6.20 Å². The summed E-state index contributed by atoms with van der Waals surface area (Å²) in [4.78, 5) is 4.18. The van der Waals surface area contributed by atoms with Gasteiger partial charge in [-0.1, -0.05) is 0 Å². The molecule has 4 nitrogen and oxygen atoms in total. The van der Waals surface area contributed by atoms with Gasteiger partial charge in [0.15, 0.2) is 0 Å². The minimum Gasteiger partial charge on any atom is -0.501 e. The summed E-state index contributed by atoms with van der Waals surface area (Å²) in [5, 5.41) is 0. The van der Waals surface area contributed by atoms with Gasteiger partial charge in [0.1, 0.15) is 0 Å². The molecule has 0 radical (unpaired) electrons. The van der Waals surface area contributed by atoms with E-state index in [0.29, 0.717) is 0 Å². The van der Waals surface area contributed by atoms with Gasteiger partial charge >= 0.3 is 0 Å². The van der Waals surface area contributed by atoms with Crippen LogP contribution in [0.4, 0.5) is 0 Å². The van der Waals surface area contributed by atoms with Gasteiger partial charge in [-0.25, -0.2) is 5.43 Å². The van der Waals surface area contributed by atoms with Crippen molar-refractivity contribution in [3.8, 4) is 0 Å². The molecule has 0 aromatic carbocycles. The van der Waals surface area contributed by atoms with Gasteiger partial charge < -0.3 is 4.74 Å². The number of nitrogens with one attached hydrogen (secondary N) is 1. The van der Waals surface area contributed by atoms with E-state index in [4.69, 9.17) is 10.6 Å². The fourth-order valence-corrected chi connectivity index (χ4v) is 1.96. The Morgan fingerprint density at radius 3 is 3.06 bits per heavy atom. The summed E-state index contributed by atoms with van der Waals surface area (Å²) < 4.78 is 5.34. The lowest BCUT2D eigenvalue weighted by molar-refractivity contribution is 0.219. The van der Waals surface area contributed by atoms with Crippen LogP contribution in [0.1, 0.15) is 30.1 Å². The first-order valence-corrected chi connectivity index (χ1v) is 5.50. The number of aryl methyl sites for hydroxylation is 1. The number of nitrogens with zero attached hydrogens (tertiary/aromatic N) is 1.